The lowest BCUT2D eigenvalue weighted by Crippen LogP contribution is -2.53. The van der Waals surface area contributed by atoms with Crippen molar-refractivity contribution >= 4 is 64.1 Å². The molecule has 9 rings (SSSR count). The number of hydrazine groups is 1. The van der Waals surface area contributed by atoms with Crippen molar-refractivity contribution in [2.24, 2.45) is 23.7 Å². The number of halogens is 5. The summed E-state index contributed by atoms with van der Waals surface area (Å²) in [5.41, 5.74) is 1.71. The average molecular weight is 882 g/mol. The Kier molecular flexibility index (Phi) is 9.98. The number of fused-ring (bicyclic) bond motifs is 4. The molecule has 3 fully saturated rings. The molecule has 2 saturated heterocycles. The number of allylic oxidation sites excluding steroid dienone is 2. The first kappa shape index (κ1) is 40.9. The predicted molar refractivity (Wildman–Crippen MR) is 220 cm³/mol. The minimum atomic E-state index is -4.78. The first-order chi connectivity index (χ1) is 29.6. The number of amides is 4. The Morgan fingerprint density at radius 1 is 0.871 bits per heavy atom. The highest BCUT2D eigenvalue weighted by atomic mass is 35.5. The quantitative estimate of drug-likeness (QED) is 0.0890. The van der Waals surface area contributed by atoms with Gasteiger partial charge in [0.15, 0.2) is 11.6 Å². The SMILES string of the molecule is COc1ccc(C2C3=CCC4C(=O)N(c5ccc(C(=O)c6ccccc6)cc5)C(=O)C4C3CC3C(=O)N(Nc4ncc(C(F)(F)F)cc4Cl)C(=O)C32c2ccc(Cl)cc2)c(O)c1. The van der Waals surface area contributed by atoms with Crippen molar-refractivity contribution < 1.29 is 47.0 Å². The first-order valence-electron chi connectivity index (χ1n) is 19.4. The number of pyridine rings is 1. The number of rotatable bonds is 8. The molecule has 4 aliphatic rings. The van der Waals surface area contributed by atoms with Gasteiger partial charge in [-0.05, 0) is 72.9 Å². The van der Waals surface area contributed by atoms with E-state index in [1.165, 1.54) is 25.3 Å². The van der Waals surface area contributed by atoms with Gasteiger partial charge < -0.3 is 9.84 Å². The van der Waals surface area contributed by atoms with Gasteiger partial charge in [-0.15, -0.1) is 0 Å². The topological polar surface area (TPSA) is 146 Å². The molecule has 2 N–H and O–H groups in total. The number of anilines is 2. The van der Waals surface area contributed by atoms with E-state index in [1.807, 2.05) is 0 Å². The maximum Gasteiger partial charge on any atom is 0.417 e. The zero-order chi connectivity index (χ0) is 43.8. The van der Waals surface area contributed by atoms with Crippen molar-refractivity contribution in [3.8, 4) is 11.5 Å². The Labute approximate surface area is 361 Å². The molecule has 11 nitrogen and oxygen atoms in total. The third kappa shape index (κ3) is 6.34. The molecular weight excluding hydrogens is 848 g/mol. The van der Waals surface area contributed by atoms with Crippen molar-refractivity contribution in [3.05, 3.63) is 159 Å². The van der Waals surface area contributed by atoms with E-state index in [0.29, 0.717) is 44.6 Å². The number of nitrogens with zero attached hydrogens (tertiary/aromatic N) is 3. The molecule has 4 aromatic carbocycles. The second-order valence-electron chi connectivity index (χ2n) is 15.6. The number of carbonyl (C=O) groups excluding carboxylic acids is 5. The average Bonchev–Trinajstić information content (AvgIpc) is 3.64. The summed E-state index contributed by atoms with van der Waals surface area (Å²) in [6.07, 6.45) is -2.52. The second-order valence-corrected chi connectivity index (χ2v) is 16.4. The number of imide groups is 2. The van der Waals surface area contributed by atoms with Gasteiger partial charge in [0, 0.05) is 39.9 Å². The Bertz CT molecular complexity index is 2730. The smallest absolute Gasteiger partial charge is 0.417 e. The highest BCUT2D eigenvalue weighted by Gasteiger charge is 2.70. The van der Waals surface area contributed by atoms with Crippen LogP contribution in [0.3, 0.4) is 0 Å². The lowest BCUT2D eigenvalue weighted by atomic mass is 9.49. The second kappa shape index (κ2) is 15.1. The van der Waals surface area contributed by atoms with Crippen LogP contribution >= 0.6 is 23.2 Å². The number of phenolic OH excluding ortho intramolecular Hbond substituents is 1. The molecule has 62 heavy (non-hydrogen) atoms. The van der Waals surface area contributed by atoms with Crippen LogP contribution in [0.5, 0.6) is 11.5 Å². The fourth-order valence-electron chi connectivity index (χ4n) is 9.79. The summed E-state index contributed by atoms with van der Waals surface area (Å²) in [6, 6.07) is 26.2. The number of carbonyl (C=O) groups is 5. The van der Waals surface area contributed by atoms with Gasteiger partial charge in [0.25, 0.3) is 11.8 Å². The summed E-state index contributed by atoms with van der Waals surface area (Å²) in [6.45, 7) is 0. The number of phenols is 1. The third-order valence-electron chi connectivity index (χ3n) is 12.5. The van der Waals surface area contributed by atoms with Crippen LogP contribution in [-0.4, -0.2) is 51.6 Å². The number of ketones is 1. The molecule has 6 atom stereocenters. The number of alkyl halides is 3. The molecule has 5 aromatic rings. The van der Waals surface area contributed by atoms with Gasteiger partial charge in [-0.2, -0.15) is 18.2 Å². The van der Waals surface area contributed by atoms with E-state index >= 15 is 4.79 Å². The van der Waals surface area contributed by atoms with Crippen molar-refractivity contribution in [1.82, 2.24) is 9.99 Å². The van der Waals surface area contributed by atoms with Crippen LogP contribution in [0.4, 0.5) is 24.7 Å². The number of aromatic nitrogens is 1. The van der Waals surface area contributed by atoms with Gasteiger partial charge in [-0.25, -0.2) is 4.98 Å². The van der Waals surface area contributed by atoms with Gasteiger partial charge in [-0.3, -0.25) is 34.3 Å². The maximum absolute atomic E-state index is 15.4. The zero-order valence-electron chi connectivity index (χ0n) is 32.4. The lowest BCUT2D eigenvalue weighted by molar-refractivity contribution is -0.139. The first-order valence-corrected chi connectivity index (χ1v) is 20.2. The summed E-state index contributed by atoms with van der Waals surface area (Å²) >= 11 is 12.6. The van der Waals surface area contributed by atoms with Crippen LogP contribution in [0.2, 0.25) is 10.0 Å². The fourth-order valence-corrected chi connectivity index (χ4v) is 10.1. The molecule has 3 heterocycles. The number of methoxy groups -OCH3 is 1. The van der Waals surface area contributed by atoms with Crippen LogP contribution in [-0.2, 0) is 30.8 Å². The largest absolute Gasteiger partial charge is 0.508 e. The van der Waals surface area contributed by atoms with E-state index in [4.69, 9.17) is 27.9 Å². The predicted octanol–water partition coefficient (Wildman–Crippen LogP) is 8.54. The van der Waals surface area contributed by atoms with Crippen LogP contribution in [0.15, 0.2) is 121 Å². The summed E-state index contributed by atoms with van der Waals surface area (Å²) in [4.78, 5) is 77.5. The number of aromatic hydroxyl groups is 1. The van der Waals surface area contributed by atoms with E-state index in [9.17, 15) is 37.5 Å². The summed E-state index contributed by atoms with van der Waals surface area (Å²) < 4.78 is 46.0. The molecule has 1 aromatic heterocycles. The Balaban J connectivity index is 1.16. The number of ether oxygens (including phenoxy) is 1. The number of hydrogen-bond acceptors (Lipinski definition) is 9. The molecule has 1 saturated carbocycles. The summed E-state index contributed by atoms with van der Waals surface area (Å²) in [5.74, 6) is -8.44. The number of benzene rings is 4. The Morgan fingerprint density at radius 3 is 2.21 bits per heavy atom. The Morgan fingerprint density at radius 2 is 1.56 bits per heavy atom. The fraction of sp³-hybridized carbons (Fsp3) is 0.217. The van der Waals surface area contributed by atoms with E-state index in [-0.39, 0.29) is 41.4 Å². The molecular formula is C46H33Cl2F3N4O7. The monoisotopic (exact) mass is 880 g/mol. The lowest BCUT2D eigenvalue weighted by Gasteiger charge is -2.50. The Hall–Kier alpha value is -6.51. The molecule has 314 valence electrons. The molecule has 0 radical (unpaired) electrons. The van der Waals surface area contributed by atoms with E-state index < -0.39 is 81.2 Å². The minimum Gasteiger partial charge on any atom is -0.508 e. The van der Waals surface area contributed by atoms with Crippen molar-refractivity contribution in [1.29, 1.82) is 0 Å². The summed E-state index contributed by atoms with van der Waals surface area (Å²) in [7, 11) is 1.41. The van der Waals surface area contributed by atoms with Crippen LogP contribution in [0.25, 0.3) is 0 Å². The third-order valence-corrected chi connectivity index (χ3v) is 13.1. The number of hydrogen-bond donors (Lipinski definition) is 2. The molecule has 0 spiro atoms. The maximum atomic E-state index is 15.4. The van der Waals surface area contributed by atoms with Crippen molar-refractivity contribution in [2.75, 3.05) is 17.4 Å². The standard InChI is InChI=1S/C46H33Cl2F3N4O7/c1-62-29-15-16-31(36(56)20-29)38-30-17-18-32-37(43(60)54(41(32)58)28-13-7-24(8-14-28)39(57)23-5-3-2-4-6-23)33(30)21-34-42(59)55(44(61)45(34,38)25-9-11-27(47)12-10-25)53-40-35(48)19-26(22-52-40)46(49,50)51/h2-17,19-20,22,32-34,37-38,56H,18,21H2,1H3,(H,52,53). The zero-order valence-corrected chi connectivity index (χ0v) is 33.9. The van der Waals surface area contributed by atoms with Gasteiger partial charge in [0.1, 0.15) is 11.5 Å². The molecule has 2 aliphatic heterocycles. The van der Waals surface area contributed by atoms with Crippen LogP contribution in [0, 0.1) is 23.7 Å². The summed E-state index contributed by atoms with van der Waals surface area (Å²) in [5, 5.41) is 12.2. The minimum absolute atomic E-state index is 0.0755. The van der Waals surface area contributed by atoms with Crippen LogP contribution < -0.4 is 15.1 Å². The van der Waals surface area contributed by atoms with E-state index in [1.54, 1.807) is 84.9 Å². The molecule has 16 heteroatoms. The van der Waals surface area contributed by atoms with E-state index in [0.717, 1.165) is 4.90 Å². The molecule has 2 aliphatic carbocycles. The van der Waals surface area contributed by atoms with Crippen molar-refractivity contribution in [2.45, 2.75) is 30.4 Å². The van der Waals surface area contributed by atoms with Gasteiger partial charge >= 0.3 is 6.18 Å². The van der Waals surface area contributed by atoms with E-state index in [2.05, 4.69) is 10.4 Å². The van der Waals surface area contributed by atoms with Gasteiger partial charge in [0.2, 0.25) is 11.8 Å². The van der Waals surface area contributed by atoms with Crippen LogP contribution in [0.1, 0.15) is 51.4 Å². The molecule has 6 unspecified atom stereocenters. The normalized spacial score (nSPS) is 24.4. The number of nitrogens with one attached hydrogen (secondary N) is 1. The molecule has 0 bridgehead atoms. The highest BCUT2D eigenvalue weighted by Crippen LogP contribution is 2.65. The van der Waals surface area contributed by atoms with Gasteiger partial charge in [-0.1, -0.05) is 83.4 Å². The highest BCUT2D eigenvalue weighted by molar-refractivity contribution is 6.33. The molecule has 4 amide bonds. The van der Waals surface area contributed by atoms with Gasteiger partial charge in [0.05, 0.1) is 46.6 Å². The van der Waals surface area contributed by atoms with Crippen molar-refractivity contribution in [3.63, 3.8) is 0 Å².